The van der Waals surface area contributed by atoms with E-state index in [9.17, 15) is 0 Å². The summed E-state index contributed by atoms with van der Waals surface area (Å²) in [5, 5.41) is 17.5. The molecular formula is C11H23NO3. The average Bonchev–Trinajstić information content (AvgIpc) is 2.76. The Bertz CT molecular complexity index is 149. The smallest absolute Gasteiger partial charge is 0.0698 e. The third-order valence-electron chi connectivity index (χ3n) is 2.99. The molecule has 1 aliphatic carbocycles. The number of hydrogen-bond donors (Lipinski definition) is 2. The van der Waals surface area contributed by atoms with Crippen molar-refractivity contribution in [3.8, 4) is 0 Å². The summed E-state index contributed by atoms with van der Waals surface area (Å²) in [7, 11) is 0. The molecule has 0 atom stereocenters. The molecule has 0 saturated heterocycles. The van der Waals surface area contributed by atoms with Crippen LogP contribution >= 0.6 is 0 Å². The molecular weight excluding hydrogens is 194 g/mol. The maximum absolute atomic E-state index is 8.98. The van der Waals surface area contributed by atoms with Crippen LogP contribution in [0.2, 0.25) is 0 Å². The number of ether oxygens (including phenoxy) is 1. The van der Waals surface area contributed by atoms with Gasteiger partial charge in [-0.3, -0.25) is 4.90 Å². The van der Waals surface area contributed by atoms with Crippen LogP contribution in [0.4, 0.5) is 0 Å². The standard InChI is InChI=1S/C11H23NO3/c13-7-5-12(6-9-15-10-8-14)11-3-1-2-4-11/h11,13-14H,1-10H2. The lowest BCUT2D eigenvalue weighted by molar-refractivity contribution is 0.0575. The molecule has 4 nitrogen and oxygen atoms in total. The lowest BCUT2D eigenvalue weighted by Crippen LogP contribution is -2.38. The molecule has 0 aromatic carbocycles. The molecule has 1 aliphatic rings. The second-order valence-electron chi connectivity index (χ2n) is 4.03. The maximum atomic E-state index is 8.98. The minimum absolute atomic E-state index is 0.0867. The highest BCUT2D eigenvalue weighted by molar-refractivity contribution is 4.77. The van der Waals surface area contributed by atoms with E-state index in [1.807, 2.05) is 0 Å². The van der Waals surface area contributed by atoms with Crippen LogP contribution < -0.4 is 0 Å². The topological polar surface area (TPSA) is 52.9 Å². The Morgan fingerprint density at radius 3 is 2.33 bits per heavy atom. The highest BCUT2D eigenvalue weighted by Crippen LogP contribution is 2.22. The molecule has 0 spiro atoms. The van der Waals surface area contributed by atoms with Gasteiger partial charge in [-0.05, 0) is 12.8 Å². The minimum Gasteiger partial charge on any atom is -0.395 e. The normalized spacial score (nSPS) is 17.8. The van der Waals surface area contributed by atoms with Crippen molar-refractivity contribution >= 4 is 0 Å². The van der Waals surface area contributed by atoms with Crippen molar-refractivity contribution in [1.82, 2.24) is 4.90 Å². The summed E-state index contributed by atoms with van der Waals surface area (Å²) in [5.41, 5.74) is 0. The molecule has 0 aromatic heterocycles. The summed E-state index contributed by atoms with van der Waals surface area (Å²) in [5.74, 6) is 0. The van der Waals surface area contributed by atoms with Crippen LogP contribution in [0.1, 0.15) is 25.7 Å². The van der Waals surface area contributed by atoms with Gasteiger partial charge < -0.3 is 14.9 Å². The summed E-state index contributed by atoms with van der Waals surface area (Å²) < 4.78 is 5.25. The van der Waals surface area contributed by atoms with Gasteiger partial charge in [0.05, 0.1) is 26.4 Å². The fourth-order valence-electron chi connectivity index (χ4n) is 2.22. The van der Waals surface area contributed by atoms with Crippen LogP contribution in [0.3, 0.4) is 0 Å². The lowest BCUT2D eigenvalue weighted by Gasteiger charge is -2.27. The summed E-state index contributed by atoms with van der Waals surface area (Å²) >= 11 is 0. The zero-order chi connectivity index (χ0) is 10.9. The fourth-order valence-corrected chi connectivity index (χ4v) is 2.22. The van der Waals surface area contributed by atoms with E-state index in [-0.39, 0.29) is 13.2 Å². The van der Waals surface area contributed by atoms with Crippen molar-refractivity contribution in [3.05, 3.63) is 0 Å². The molecule has 0 amide bonds. The van der Waals surface area contributed by atoms with Gasteiger partial charge in [0.1, 0.15) is 0 Å². The first-order valence-corrected chi connectivity index (χ1v) is 5.92. The molecule has 90 valence electrons. The van der Waals surface area contributed by atoms with E-state index in [4.69, 9.17) is 14.9 Å². The Labute approximate surface area is 91.8 Å². The Morgan fingerprint density at radius 2 is 1.73 bits per heavy atom. The average molecular weight is 217 g/mol. The van der Waals surface area contributed by atoms with Crippen LogP contribution in [-0.2, 0) is 4.74 Å². The molecule has 0 radical (unpaired) electrons. The van der Waals surface area contributed by atoms with Crippen molar-refractivity contribution in [2.45, 2.75) is 31.7 Å². The van der Waals surface area contributed by atoms with Gasteiger partial charge in [-0.25, -0.2) is 0 Å². The molecule has 1 rings (SSSR count). The first kappa shape index (κ1) is 12.9. The van der Waals surface area contributed by atoms with Gasteiger partial charge in [0.25, 0.3) is 0 Å². The molecule has 1 saturated carbocycles. The van der Waals surface area contributed by atoms with Crippen LogP contribution in [0, 0.1) is 0 Å². The highest BCUT2D eigenvalue weighted by atomic mass is 16.5. The van der Waals surface area contributed by atoms with Gasteiger partial charge >= 0.3 is 0 Å². The highest BCUT2D eigenvalue weighted by Gasteiger charge is 2.21. The van der Waals surface area contributed by atoms with Crippen molar-refractivity contribution in [2.24, 2.45) is 0 Å². The Balaban J connectivity index is 2.17. The van der Waals surface area contributed by atoms with E-state index in [0.29, 0.717) is 19.3 Å². The zero-order valence-electron chi connectivity index (χ0n) is 9.40. The molecule has 15 heavy (non-hydrogen) atoms. The number of aliphatic hydroxyl groups excluding tert-OH is 2. The molecule has 2 N–H and O–H groups in total. The first-order valence-electron chi connectivity index (χ1n) is 5.92. The molecule has 0 unspecified atom stereocenters. The summed E-state index contributed by atoms with van der Waals surface area (Å²) in [6.45, 7) is 2.98. The van der Waals surface area contributed by atoms with E-state index in [1.165, 1.54) is 25.7 Å². The van der Waals surface area contributed by atoms with E-state index in [1.54, 1.807) is 0 Å². The number of aliphatic hydroxyl groups is 2. The fraction of sp³-hybridized carbons (Fsp3) is 1.00. The van der Waals surface area contributed by atoms with Crippen LogP contribution in [-0.4, -0.2) is 60.7 Å². The minimum atomic E-state index is 0.0867. The monoisotopic (exact) mass is 217 g/mol. The van der Waals surface area contributed by atoms with Gasteiger partial charge in [0.2, 0.25) is 0 Å². The molecule has 0 heterocycles. The second-order valence-corrected chi connectivity index (χ2v) is 4.03. The third kappa shape index (κ3) is 4.93. The SMILES string of the molecule is OCCOCCN(CCO)C1CCCC1. The van der Waals surface area contributed by atoms with Crippen LogP contribution in [0.5, 0.6) is 0 Å². The second kappa shape index (κ2) is 8.05. The molecule has 0 aromatic rings. The Hall–Kier alpha value is -0.160. The first-order chi connectivity index (χ1) is 7.38. The summed E-state index contributed by atoms with van der Waals surface area (Å²) in [6, 6.07) is 0.634. The number of nitrogens with zero attached hydrogens (tertiary/aromatic N) is 1. The number of hydrogen-bond acceptors (Lipinski definition) is 4. The van der Waals surface area contributed by atoms with E-state index >= 15 is 0 Å². The van der Waals surface area contributed by atoms with Gasteiger partial charge in [-0.15, -0.1) is 0 Å². The predicted octanol–water partition coefficient (Wildman–Crippen LogP) is 0.232. The van der Waals surface area contributed by atoms with Crippen molar-refractivity contribution in [3.63, 3.8) is 0 Å². The Morgan fingerprint density at radius 1 is 1.00 bits per heavy atom. The van der Waals surface area contributed by atoms with Gasteiger partial charge in [0.15, 0.2) is 0 Å². The summed E-state index contributed by atoms with van der Waals surface area (Å²) in [4.78, 5) is 2.31. The van der Waals surface area contributed by atoms with Gasteiger partial charge in [-0.2, -0.15) is 0 Å². The van der Waals surface area contributed by atoms with Gasteiger partial charge in [-0.1, -0.05) is 12.8 Å². The summed E-state index contributed by atoms with van der Waals surface area (Å²) in [6.07, 6.45) is 5.12. The van der Waals surface area contributed by atoms with E-state index < -0.39 is 0 Å². The van der Waals surface area contributed by atoms with Crippen molar-refractivity contribution in [2.75, 3.05) is 39.5 Å². The Kier molecular flexibility index (Phi) is 6.92. The predicted molar refractivity (Wildman–Crippen MR) is 58.8 cm³/mol. The molecule has 0 aliphatic heterocycles. The maximum Gasteiger partial charge on any atom is 0.0698 e. The molecule has 1 fully saturated rings. The van der Waals surface area contributed by atoms with Crippen molar-refractivity contribution < 1.29 is 14.9 Å². The molecule has 4 heteroatoms. The van der Waals surface area contributed by atoms with Crippen LogP contribution in [0.15, 0.2) is 0 Å². The van der Waals surface area contributed by atoms with Gasteiger partial charge in [0, 0.05) is 19.1 Å². The molecule has 0 bridgehead atoms. The lowest BCUT2D eigenvalue weighted by atomic mass is 10.2. The van der Waals surface area contributed by atoms with E-state index in [2.05, 4.69) is 4.90 Å². The number of rotatable bonds is 8. The zero-order valence-corrected chi connectivity index (χ0v) is 9.40. The quantitative estimate of drug-likeness (QED) is 0.572. The third-order valence-corrected chi connectivity index (χ3v) is 2.99. The largest absolute Gasteiger partial charge is 0.395 e. The van der Waals surface area contributed by atoms with E-state index in [0.717, 1.165) is 13.1 Å². The van der Waals surface area contributed by atoms with Crippen LogP contribution in [0.25, 0.3) is 0 Å². The van der Waals surface area contributed by atoms with Crippen molar-refractivity contribution in [1.29, 1.82) is 0 Å².